The Kier molecular flexibility index (Phi) is 8.38. The summed E-state index contributed by atoms with van der Waals surface area (Å²) < 4.78 is 25.2. The van der Waals surface area contributed by atoms with Gasteiger partial charge in [-0.1, -0.05) is 25.0 Å². The Morgan fingerprint density at radius 1 is 1.12 bits per heavy atom. The molecule has 0 fully saturated rings. The molecule has 1 aromatic rings. The van der Waals surface area contributed by atoms with Crippen LogP contribution in [0.3, 0.4) is 0 Å². The highest BCUT2D eigenvalue weighted by Crippen LogP contribution is 2.18. The van der Waals surface area contributed by atoms with Crippen LogP contribution in [-0.2, 0) is 14.8 Å². The summed E-state index contributed by atoms with van der Waals surface area (Å²) in [6, 6.07) is 6.46. The van der Waals surface area contributed by atoms with Gasteiger partial charge >= 0.3 is 0 Å². The van der Waals surface area contributed by atoms with Gasteiger partial charge in [-0.25, -0.2) is 12.7 Å². The highest BCUT2D eigenvalue weighted by atomic mass is 32.2. The minimum atomic E-state index is -3.43. The molecule has 0 radical (unpaired) electrons. The molecule has 0 saturated heterocycles. The van der Waals surface area contributed by atoms with E-state index in [1.165, 1.54) is 18.4 Å². The molecule has 0 aliphatic rings. The first-order chi connectivity index (χ1) is 11.3. The SMILES string of the molecule is CC(NC(=O)CCCCCCN)c1ccc(S(=O)(=O)N(C)C)cc1. The van der Waals surface area contributed by atoms with Crippen molar-refractivity contribution in [1.82, 2.24) is 9.62 Å². The first kappa shape index (κ1) is 20.6. The first-order valence-electron chi connectivity index (χ1n) is 8.31. The lowest BCUT2D eigenvalue weighted by Crippen LogP contribution is -2.26. The molecule has 1 atom stereocenters. The van der Waals surface area contributed by atoms with Crippen molar-refractivity contribution in [1.29, 1.82) is 0 Å². The number of amides is 1. The van der Waals surface area contributed by atoms with E-state index in [0.29, 0.717) is 13.0 Å². The molecule has 0 spiro atoms. The topological polar surface area (TPSA) is 92.5 Å². The van der Waals surface area contributed by atoms with E-state index in [-0.39, 0.29) is 16.8 Å². The van der Waals surface area contributed by atoms with E-state index in [1.54, 1.807) is 24.3 Å². The molecule has 1 amide bonds. The molecule has 3 N–H and O–H groups in total. The number of nitrogens with one attached hydrogen (secondary N) is 1. The Bertz CT molecular complexity index is 612. The predicted molar refractivity (Wildman–Crippen MR) is 96.0 cm³/mol. The van der Waals surface area contributed by atoms with Crippen LogP contribution in [0, 0.1) is 0 Å². The fourth-order valence-electron chi connectivity index (χ4n) is 2.32. The second-order valence-electron chi connectivity index (χ2n) is 6.10. The zero-order valence-electron chi connectivity index (χ0n) is 14.8. The van der Waals surface area contributed by atoms with Crippen molar-refractivity contribution in [3.63, 3.8) is 0 Å². The predicted octanol–water partition coefficient (Wildman–Crippen LogP) is 2.02. The van der Waals surface area contributed by atoms with E-state index in [0.717, 1.165) is 31.2 Å². The van der Waals surface area contributed by atoms with E-state index >= 15 is 0 Å². The van der Waals surface area contributed by atoms with E-state index < -0.39 is 10.0 Å². The molecule has 0 aliphatic heterocycles. The molecular formula is C17H29N3O3S. The summed E-state index contributed by atoms with van der Waals surface area (Å²) in [6.07, 6.45) is 4.43. The number of sulfonamides is 1. The maximum atomic E-state index is 12.0. The van der Waals surface area contributed by atoms with Crippen molar-refractivity contribution in [2.45, 2.75) is 50.0 Å². The zero-order chi connectivity index (χ0) is 18.2. The van der Waals surface area contributed by atoms with Crippen LogP contribution >= 0.6 is 0 Å². The lowest BCUT2D eigenvalue weighted by Gasteiger charge is -2.16. The molecule has 0 heterocycles. The molecule has 136 valence electrons. The fraction of sp³-hybridized carbons (Fsp3) is 0.588. The second-order valence-corrected chi connectivity index (χ2v) is 8.25. The molecule has 1 aromatic carbocycles. The number of unbranched alkanes of at least 4 members (excludes halogenated alkanes) is 3. The molecule has 7 heteroatoms. The lowest BCUT2D eigenvalue weighted by molar-refractivity contribution is -0.121. The van der Waals surface area contributed by atoms with Crippen LogP contribution in [0.25, 0.3) is 0 Å². The summed E-state index contributed by atoms with van der Waals surface area (Å²) in [5.41, 5.74) is 6.31. The summed E-state index contributed by atoms with van der Waals surface area (Å²) in [5, 5.41) is 2.94. The van der Waals surface area contributed by atoms with Crippen molar-refractivity contribution in [2.75, 3.05) is 20.6 Å². The van der Waals surface area contributed by atoms with Crippen LogP contribution in [-0.4, -0.2) is 39.3 Å². The number of carbonyl (C=O) groups excluding carboxylic acids is 1. The number of carbonyl (C=O) groups is 1. The van der Waals surface area contributed by atoms with Gasteiger partial charge in [0, 0.05) is 20.5 Å². The molecule has 24 heavy (non-hydrogen) atoms. The summed E-state index contributed by atoms with van der Waals surface area (Å²) in [6.45, 7) is 2.59. The lowest BCUT2D eigenvalue weighted by atomic mass is 10.1. The van der Waals surface area contributed by atoms with Crippen LogP contribution in [0.4, 0.5) is 0 Å². The van der Waals surface area contributed by atoms with Gasteiger partial charge < -0.3 is 11.1 Å². The van der Waals surface area contributed by atoms with Crippen LogP contribution < -0.4 is 11.1 Å². The van der Waals surface area contributed by atoms with Crippen molar-refractivity contribution in [3.8, 4) is 0 Å². The van der Waals surface area contributed by atoms with Crippen LogP contribution in [0.1, 0.15) is 50.6 Å². The van der Waals surface area contributed by atoms with Gasteiger partial charge in [-0.15, -0.1) is 0 Å². The highest BCUT2D eigenvalue weighted by Gasteiger charge is 2.17. The minimum absolute atomic E-state index is 0.0141. The van der Waals surface area contributed by atoms with Gasteiger partial charge in [-0.2, -0.15) is 0 Å². The molecule has 0 saturated carbocycles. The molecule has 0 aromatic heterocycles. The third-order valence-electron chi connectivity index (χ3n) is 3.89. The van der Waals surface area contributed by atoms with Crippen molar-refractivity contribution < 1.29 is 13.2 Å². The van der Waals surface area contributed by atoms with Crippen LogP contribution in [0.2, 0.25) is 0 Å². The Balaban J connectivity index is 2.53. The zero-order valence-corrected chi connectivity index (χ0v) is 15.6. The Labute approximate surface area is 145 Å². The standard InChI is InChI=1S/C17H29N3O3S/c1-14(19-17(21)8-6-4-5-7-13-18)15-9-11-16(12-10-15)24(22,23)20(2)3/h9-12,14H,4-8,13,18H2,1-3H3,(H,19,21). The Morgan fingerprint density at radius 2 is 1.71 bits per heavy atom. The quantitative estimate of drug-likeness (QED) is 0.628. The number of rotatable bonds is 10. The number of hydrogen-bond donors (Lipinski definition) is 2. The van der Waals surface area contributed by atoms with Gasteiger partial charge in [0.05, 0.1) is 10.9 Å². The Morgan fingerprint density at radius 3 is 2.25 bits per heavy atom. The summed E-state index contributed by atoms with van der Waals surface area (Å²) in [7, 11) is -0.426. The smallest absolute Gasteiger partial charge is 0.242 e. The van der Waals surface area contributed by atoms with Crippen molar-refractivity contribution >= 4 is 15.9 Å². The monoisotopic (exact) mass is 355 g/mol. The van der Waals surface area contributed by atoms with Crippen LogP contribution in [0.15, 0.2) is 29.2 Å². The van der Waals surface area contributed by atoms with Gasteiger partial charge in [0.2, 0.25) is 15.9 Å². The maximum absolute atomic E-state index is 12.0. The third-order valence-corrected chi connectivity index (χ3v) is 5.72. The number of nitrogens with zero attached hydrogens (tertiary/aromatic N) is 1. The van der Waals surface area contributed by atoms with Crippen LogP contribution in [0.5, 0.6) is 0 Å². The van der Waals surface area contributed by atoms with E-state index in [9.17, 15) is 13.2 Å². The number of benzene rings is 1. The highest BCUT2D eigenvalue weighted by molar-refractivity contribution is 7.89. The maximum Gasteiger partial charge on any atom is 0.242 e. The Hall–Kier alpha value is -1.44. The van der Waals surface area contributed by atoms with E-state index in [4.69, 9.17) is 5.73 Å². The summed E-state index contributed by atoms with van der Waals surface area (Å²) in [4.78, 5) is 12.2. The third kappa shape index (κ3) is 6.22. The van der Waals surface area contributed by atoms with E-state index in [2.05, 4.69) is 5.32 Å². The average molecular weight is 356 g/mol. The van der Waals surface area contributed by atoms with Gasteiger partial charge in [0.25, 0.3) is 0 Å². The molecular weight excluding hydrogens is 326 g/mol. The van der Waals surface area contributed by atoms with Gasteiger partial charge in [-0.3, -0.25) is 4.79 Å². The minimum Gasteiger partial charge on any atom is -0.350 e. The summed E-state index contributed by atoms with van der Waals surface area (Å²) >= 11 is 0. The molecule has 1 rings (SSSR count). The van der Waals surface area contributed by atoms with Gasteiger partial charge in [0.1, 0.15) is 0 Å². The van der Waals surface area contributed by atoms with E-state index in [1.807, 2.05) is 6.92 Å². The van der Waals surface area contributed by atoms with Gasteiger partial charge in [0.15, 0.2) is 0 Å². The fourth-order valence-corrected chi connectivity index (χ4v) is 3.22. The van der Waals surface area contributed by atoms with Crippen molar-refractivity contribution in [3.05, 3.63) is 29.8 Å². The van der Waals surface area contributed by atoms with Gasteiger partial charge in [-0.05, 0) is 44.0 Å². The molecule has 1 unspecified atom stereocenters. The molecule has 6 nitrogen and oxygen atoms in total. The second kappa shape index (κ2) is 9.76. The number of nitrogens with two attached hydrogens (primary N) is 1. The largest absolute Gasteiger partial charge is 0.350 e. The van der Waals surface area contributed by atoms with Crippen molar-refractivity contribution in [2.24, 2.45) is 5.73 Å². The molecule has 0 bridgehead atoms. The number of hydrogen-bond acceptors (Lipinski definition) is 4. The average Bonchev–Trinajstić information content (AvgIpc) is 2.54. The first-order valence-corrected chi connectivity index (χ1v) is 9.75. The molecule has 0 aliphatic carbocycles. The normalized spacial score (nSPS) is 13.0. The summed E-state index contributed by atoms with van der Waals surface area (Å²) in [5.74, 6) is 0.0141.